The third-order valence-electron chi connectivity index (χ3n) is 4.65. The molecule has 1 saturated heterocycles. The highest BCUT2D eigenvalue weighted by Gasteiger charge is 2.52. The third-order valence-corrected chi connectivity index (χ3v) is 6.35. The Morgan fingerprint density at radius 2 is 1.76 bits per heavy atom. The van der Waals surface area contributed by atoms with Crippen molar-refractivity contribution in [3.05, 3.63) is 18.2 Å². The Bertz CT molecular complexity index is 591. The lowest BCUT2D eigenvalue weighted by molar-refractivity contribution is 0.00578. The molecule has 5 nitrogen and oxygen atoms in total. The van der Waals surface area contributed by atoms with Gasteiger partial charge in [0.25, 0.3) is 5.95 Å². The smallest absolute Gasteiger partial charge is 0.463 e. The first kappa shape index (κ1) is 20.4. The lowest BCUT2D eigenvalue weighted by Gasteiger charge is -2.32. The first-order valence-corrected chi connectivity index (χ1v) is 12.3. The molecule has 0 amide bonds. The van der Waals surface area contributed by atoms with Gasteiger partial charge in [-0.1, -0.05) is 19.6 Å². The summed E-state index contributed by atoms with van der Waals surface area (Å²) in [5, 5.41) is 0. The van der Waals surface area contributed by atoms with E-state index in [-0.39, 0.29) is 12.5 Å². The van der Waals surface area contributed by atoms with Crippen molar-refractivity contribution in [3.8, 4) is 5.75 Å². The summed E-state index contributed by atoms with van der Waals surface area (Å²) in [6, 6.07) is 2.59. The molecular weight excluding hydrogens is 340 g/mol. The molecule has 0 spiro atoms. The van der Waals surface area contributed by atoms with Gasteiger partial charge < -0.3 is 18.8 Å². The van der Waals surface area contributed by atoms with E-state index in [1.54, 1.807) is 6.07 Å². The molecule has 8 heteroatoms. The highest BCUT2D eigenvalue weighted by atomic mass is 28.3. The molecule has 25 heavy (non-hydrogen) atoms. The lowest BCUT2D eigenvalue weighted by atomic mass is 9.80. The lowest BCUT2D eigenvalue weighted by Crippen LogP contribution is -2.41. The van der Waals surface area contributed by atoms with E-state index in [0.717, 1.165) is 6.04 Å². The van der Waals surface area contributed by atoms with Gasteiger partial charge in [-0.3, -0.25) is 0 Å². The van der Waals surface area contributed by atoms with Gasteiger partial charge in [-0.05, 0) is 39.8 Å². The van der Waals surface area contributed by atoms with E-state index in [4.69, 9.17) is 18.8 Å². The van der Waals surface area contributed by atoms with E-state index >= 15 is 0 Å². The topological polar surface area (TPSA) is 49.8 Å². The monoisotopic (exact) mass is 369 g/mol. The summed E-state index contributed by atoms with van der Waals surface area (Å²) in [6.07, 6.45) is 1.41. The normalized spacial score (nSPS) is 19.3. The van der Waals surface area contributed by atoms with Crippen LogP contribution in [0.4, 0.5) is 4.39 Å². The molecule has 1 aliphatic rings. The molecule has 2 rings (SSSR count). The molecule has 0 aliphatic carbocycles. The van der Waals surface area contributed by atoms with Crippen LogP contribution < -0.4 is 10.2 Å². The van der Waals surface area contributed by atoms with E-state index in [2.05, 4.69) is 24.6 Å². The zero-order valence-electron chi connectivity index (χ0n) is 16.3. The summed E-state index contributed by atoms with van der Waals surface area (Å²) >= 11 is 0. The number of rotatable bonds is 7. The maximum Gasteiger partial charge on any atom is 0.496 e. The average molecular weight is 369 g/mol. The first-order chi connectivity index (χ1) is 11.4. The van der Waals surface area contributed by atoms with Gasteiger partial charge in [-0.25, -0.2) is 4.98 Å². The minimum absolute atomic E-state index is 0.00407. The second-order valence-electron chi connectivity index (χ2n) is 8.63. The Morgan fingerprint density at radius 3 is 2.32 bits per heavy atom. The number of pyridine rings is 1. The summed E-state index contributed by atoms with van der Waals surface area (Å²) in [5.74, 6) is -0.630. The van der Waals surface area contributed by atoms with Crippen molar-refractivity contribution in [3.63, 3.8) is 0 Å². The van der Waals surface area contributed by atoms with Gasteiger partial charge in [0, 0.05) is 26.3 Å². The van der Waals surface area contributed by atoms with Gasteiger partial charge in [0.15, 0.2) is 12.5 Å². The Balaban J connectivity index is 1.97. The van der Waals surface area contributed by atoms with Crippen LogP contribution in [0.1, 0.15) is 27.7 Å². The van der Waals surface area contributed by atoms with Gasteiger partial charge in [0.1, 0.15) is 0 Å². The summed E-state index contributed by atoms with van der Waals surface area (Å²) in [5.41, 5.74) is -0.308. The highest BCUT2D eigenvalue weighted by Crippen LogP contribution is 2.36. The van der Waals surface area contributed by atoms with Crippen molar-refractivity contribution in [2.45, 2.75) is 64.6 Å². The third kappa shape index (κ3) is 5.26. The van der Waals surface area contributed by atoms with Crippen molar-refractivity contribution >= 4 is 20.7 Å². The number of nitrogens with zero attached hydrogens (tertiary/aromatic N) is 1. The Kier molecular flexibility index (Phi) is 5.98. The number of hydrogen-bond acceptors (Lipinski definition) is 5. The number of hydrogen-bond donors (Lipinski definition) is 0. The molecular formula is C17H29BFNO4Si. The van der Waals surface area contributed by atoms with E-state index < -0.39 is 32.3 Å². The second kappa shape index (κ2) is 7.34. The van der Waals surface area contributed by atoms with Crippen LogP contribution in [0.5, 0.6) is 5.75 Å². The fraction of sp³-hybridized carbons (Fsp3) is 0.706. The van der Waals surface area contributed by atoms with E-state index in [1.165, 1.54) is 6.20 Å². The molecule has 0 bridgehead atoms. The van der Waals surface area contributed by atoms with E-state index in [0.29, 0.717) is 12.1 Å². The minimum Gasteiger partial charge on any atom is -0.463 e. The molecule has 0 aromatic carbocycles. The van der Waals surface area contributed by atoms with Crippen LogP contribution in [0, 0.1) is 5.95 Å². The Labute approximate surface area is 151 Å². The molecule has 2 heterocycles. The van der Waals surface area contributed by atoms with Crippen LogP contribution in [0.15, 0.2) is 12.3 Å². The van der Waals surface area contributed by atoms with Crippen molar-refractivity contribution in [2.75, 3.05) is 13.4 Å². The van der Waals surface area contributed by atoms with E-state index in [1.807, 2.05) is 27.7 Å². The zero-order valence-corrected chi connectivity index (χ0v) is 17.3. The maximum atomic E-state index is 13.9. The summed E-state index contributed by atoms with van der Waals surface area (Å²) in [7, 11) is -1.76. The van der Waals surface area contributed by atoms with Crippen LogP contribution in [-0.2, 0) is 14.0 Å². The Morgan fingerprint density at radius 1 is 1.16 bits per heavy atom. The summed E-state index contributed by atoms with van der Waals surface area (Å²) < 4.78 is 36.7. The van der Waals surface area contributed by atoms with Gasteiger partial charge in [0.05, 0.1) is 11.2 Å². The predicted molar refractivity (Wildman–Crippen MR) is 99.5 cm³/mol. The molecule has 1 aromatic heterocycles. The fourth-order valence-corrected chi connectivity index (χ4v) is 2.95. The summed E-state index contributed by atoms with van der Waals surface area (Å²) in [6.45, 7) is 15.3. The van der Waals surface area contributed by atoms with Crippen LogP contribution in [0.3, 0.4) is 0 Å². The molecule has 1 aliphatic heterocycles. The van der Waals surface area contributed by atoms with Crippen molar-refractivity contribution < 1.29 is 23.2 Å². The van der Waals surface area contributed by atoms with Crippen LogP contribution in [0.2, 0.25) is 25.7 Å². The molecule has 0 radical (unpaired) electrons. The van der Waals surface area contributed by atoms with Crippen LogP contribution >= 0.6 is 0 Å². The standard InChI is InChI=1S/C17H29BFNO4Si/c1-16(2)17(3,4)24-18(23-16)13-10-14(15(19)20-11-13)22-12-21-8-9-25(5,6)7/h10-11H,8-9,12H2,1-7H3. The molecule has 0 saturated carbocycles. The molecule has 0 unspecified atom stereocenters. The molecule has 0 N–H and O–H groups in total. The largest absolute Gasteiger partial charge is 0.496 e. The highest BCUT2D eigenvalue weighted by molar-refractivity contribution is 6.76. The number of aromatic nitrogens is 1. The quantitative estimate of drug-likeness (QED) is 0.320. The number of halogens is 1. The zero-order chi connectivity index (χ0) is 18.9. The van der Waals surface area contributed by atoms with Crippen molar-refractivity contribution in [1.29, 1.82) is 0 Å². The maximum absolute atomic E-state index is 13.9. The molecule has 0 atom stereocenters. The van der Waals surface area contributed by atoms with E-state index in [9.17, 15) is 4.39 Å². The Hall–Kier alpha value is -0.958. The van der Waals surface area contributed by atoms with Gasteiger partial charge in [-0.15, -0.1) is 0 Å². The van der Waals surface area contributed by atoms with Gasteiger partial charge in [-0.2, -0.15) is 4.39 Å². The SMILES string of the molecule is CC1(C)OB(c2cnc(F)c(OCOCC[Si](C)(C)C)c2)OC1(C)C. The van der Waals surface area contributed by atoms with Crippen LogP contribution in [0.25, 0.3) is 0 Å². The van der Waals surface area contributed by atoms with Gasteiger partial charge >= 0.3 is 7.12 Å². The molecule has 1 aromatic rings. The fourth-order valence-electron chi connectivity index (χ4n) is 2.19. The predicted octanol–water partition coefficient (Wildman–Crippen LogP) is 3.21. The molecule has 140 valence electrons. The van der Waals surface area contributed by atoms with Crippen molar-refractivity contribution in [2.24, 2.45) is 0 Å². The second-order valence-corrected chi connectivity index (χ2v) is 14.2. The number of ether oxygens (including phenoxy) is 2. The van der Waals surface area contributed by atoms with Crippen molar-refractivity contribution in [1.82, 2.24) is 4.98 Å². The minimum atomic E-state index is -1.15. The van der Waals surface area contributed by atoms with Gasteiger partial charge in [0.2, 0.25) is 0 Å². The van der Waals surface area contributed by atoms with Crippen LogP contribution in [-0.4, -0.2) is 44.8 Å². The summed E-state index contributed by atoms with van der Waals surface area (Å²) in [4.78, 5) is 3.76. The average Bonchev–Trinajstić information content (AvgIpc) is 2.67. The molecule has 1 fully saturated rings. The first-order valence-electron chi connectivity index (χ1n) is 8.63.